The summed E-state index contributed by atoms with van der Waals surface area (Å²) >= 11 is 7.25. The van der Waals surface area contributed by atoms with Gasteiger partial charge in [0.2, 0.25) is 5.91 Å². The van der Waals surface area contributed by atoms with Gasteiger partial charge < -0.3 is 10.1 Å². The van der Waals surface area contributed by atoms with E-state index < -0.39 is 11.1 Å². The summed E-state index contributed by atoms with van der Waals surface area (Å²) in [5.74, 6) is -1.18. The first-order chi connectivity index (χ1) is 11.9. The van der Waals surface area contributed by atoms with Gasteiger partial charge in [-0.05, 0) is 31.9 Å². The van der Waals surface area contributed by atoms with Crippen molar-refractivity contribution < 1.29 is 18.7 Å². The second kappa shape index (κ2) is 11.4. The molecule has 1 aromatic rings. The van der Waals surface area contributed by atoms with E-state index in [1.807, 2.05) is 13.8 Å². The molecule has 1 N–H and O–H groups in total. The van der Waals surface area contributed by atoms with Crippen molar-refractivity contribution in [3.8, 4) is 0 Å². The first kappa shape index (κ1) is 21.8. The predicted octanol–water partition coefficient (Wildman–Crippen LogP) is 5.43. The van der Waals surface area contributed by atoms with Gasteiger partial charge in [-0.3, -0.25) is 9.59 Å². The van der Waals surface area contributed by atoms with E-state index in [2.05, 4.69) is 5.32 Å². The molecule has 1 unspecified atom stereocenters. The molecular formula is C18H25ClFNO3S. The van der Waals surface area contributed by atoms with Crippen LogP contribution in [0.4, 0.5) is 10.1 Å². The van der Waals surface area contributed by atoms with Gasteiger partial charge in [0.05, 0.1) is 17.3 Å². The Hall–Kier alpha value is -1.27. The maximum atomic E-state index is 14.0. The minimum absolute atomic E-state index is 0.0690. The van der Waals surface area contributed by atoms with E-state index in [1.165, 1.54) is 17.8 Å². The number of amides is 1. The minimum atomic E-state index is -0.600. The molecule has 0 aliphatic carbocycles. The number of thioether (sulfide) groups is 1. The van der Waals surface area contributed by atoms with Crippen LogP contribution < -0.4 is 5.32 Å². The summed E-state index contributed by atoms with van der Waals surface area (Å²) in [5.41, 5.74) is 0.0690. The van der Waals surface area contributed by atoms with Crippen molar-refractivity contribution in [2.45, 2.75) is 63.0 Å². The second-order valence-corrected chi connectivity index (χ2v) is 7.49. The van der Waals surface area contributed by atoms with Crippen molar-refractivity contribution >= 4 is 40.9 Å². The summed E-state index contributed by atoms with van der Waals surface area (Å²) in [6.45, 7) is 6.08. The molecule has 0 fully saturated rings. The topological polar surface area (TPSA) is 55.4 Å². The molecule has 0 saturated heterocycles. The first-order valence-electron chi connectivity index (χ1n) is 8.51. The maximum absolute atomic E-state index is 14.0. The molecule has 0 radical (unpaired) electrons. The summed E-state index contributed by atoms with van der Waals surface area (Å²) in [5, 5.41) is 2.27. The van der Waals surface area contributed by atoms with Gasteiger partial charge in [-0.25, -0.2) is 4.39 Å². The van der Waals surface area contributed by atoms with Crippen molar-refractivity contribution in [3.63, 3.8) is 0 Å². The number of esters is 1. The van der Waals surface area contributed by atoms with Crippen LogP contribution >= 0.6 is 23.4 Å². The summed E-state index contributed by atoms with van der Waals surface area (Å²) in [6.07, 6.45) is 3.72. The van der Waals surface area contributed by atoms with Crippen molar-refractivity contribution in [3.05, 3.63) is 23.0 Å². The highest BCUT2D eigenvalue weighted by atomic mass is 35.5. The molecule has 0 saturated carbocycles. The molecule has 1 atom stereocenters. The number of anilines is 1. The van der Waals surface area contributed by atoms with Gasteiger partial charge in [-0.1, -0.05) is 38.3 Å². The Morgan fingerprint density at radius 3 is 2.60 bits per heavy atom. The normalized spacial score (nSPS) is 11.9. The standard InChI is InChI=1S/C18H25ClFNO3S/c1-4-6-8-17(22)21-15-11-16(13(19)10-14(15)20)25-12(3)18(23)24-9-7-5-2/h10-12H,4-9H2,1-3H3,(H,21,22). The molecule has 25 heavy (non-hydrogen) atoms. The van der Waals surface area contributed by atoms with E-state index >= 15 is 0 Å². The molecule has 1 amide bonds. The Labute approximate surface area is 157 Å². The van der Waals surface area contributed by atoms with Crippen molar-refractivity contribution in [1.82, 2.24) is 0 Å². The molecule has 0 aliphatic heterocycles. The van der Waals surface area contributed by atoms with Crippen LogP contribution in [-0.4, -0.2) is 23.7 Å². The number of hydrogen-bond donors (Lipinski definition) is 1. The third-order valence-electron chi connectivity index (χ3n) is 3.43. The number of halogens is 2. The van der Waals surface area contributed by atoms with Gasteiger partial charge in [-0.2, -0.15) is 0 Å². The Morgan fingerprint density at radius 1 is 1.28 bits per heavy atom. The van der Waals surface area contributed by atoms with Crippen molar-refractivity contribution in [1.29, 1.82) is 0 Å². The number of benzene rings is 1. The highest BCUT2D eigenvalue weighted by molar-refractivity contribution is 8.00. The van der Waals surface area contributed by atoms with Gasteiger partial charge in [-0.15, -0.1) is 11.8 Å². The van der Waals surface area contributed by atoms with Crippen LogP contribution in [0.15, 0.2) is 17.0 Å². The zero-order valence-electron chi connectivity index (χ0n) is 14.9. The Balaban J connectivity index is 2.77. The third kappa shape index (κ3) is 7.65. The summed E-state index contributed by atoms with van der Waals surface area (Å²) < 4.78 is 19.2. The number of hydrogen-bond acceptors (Lipinski definition) is 4. The highest BCUT2D eigenvalue weighted by Crippen LogP contribution is 2.34. The number of ether oxygens (including phenoxy) is 1. The second-order valence-electron chi connectivity index (χ2n) is 5.70. The molecule has 0 spiro atoms. The Bertz CT molecular complexity index is 598. The van der Waals surface area contributed by atoms with Gasteiger partial charge in [0.25, 0.3) is 0 Å². The van der Waals surface area contributed by atoms with E-state index in [-0.39, 0.29) is 22.6 Å². The average molecular weight is 390 g/mol. The summed E-state index contributed by atoms with van der Waals surface area (Å²) in [7, 11) is 0. The zero-order valence-corrected chi connectivity index (χ0v) is 16.4. The van der Waals surface area contributed by atoms with E-state index in [4.69, 9.17) is 16.3 Å². The lowest BCUT2D eigenvalue weighted by Gasteiger charge is -2.14. The smallest absolute Gasteiger partial charge is 0.319 e. The van der Waals surface area contributed by atoms with E-state index in [0.29, 0.717) is 17.9 Å². The maximum Gasteiger partial charge on any atom is 0.319 e. The predicted molar refractivity (Wildman–Crippen MR) is 101 cm³/mol. The van der Waals surface area contributed by atoms with Crippen LogP contribution in [0.25, 0.3) is 0 Å². The van der Waals surface area contributed by atoms with Gasteiger partial charge in [0.15, 0.2) is 0 Å². The van der Waals surface area contributed by atoms with E-state index in [1.54, 1.807) is 6.92 Å². The monoisotopic (exact) mass is 389 g/mol. The number of carbonyl (C=O) groups excluding carboxylic acids is 2. The molecule has 1 rings (SSSR count). The van der Waals surface area contributed by atoms with Crippen molar-refractivity contribution in [2.75, 3.05) is 11.9 Å². The highest BCUT2D eigenvalue weighted by Gasteiger charge is 2.19. The number of unbranched alkanes of at least 4 members (excludes halogenated alkanes) is 2. The lowest BCUT2D eigenvalue weighted by molar-refractivity contribution is -0.142. The first-order valence-corrected chi connectivity index (χ1v) is 9.76. The van der Waals surface area contributed by atoms with Crippen LogP contribution in [0.2, 0.25) is 5.02 Å². The summed E-state index contributed by atoms with van der Waals surface area (Å²) in [6, 6.07) is 2.61. The molecule has 0 aromatic heterocycles. The zero-order chi connectivity index (χ0) is 18.8. The van der Waals surface area contributed by atoms with Crippen LogP contribution in [0.3, 0.4) is 0 Å². The Kier molecular flexibility index (Phi) is 9.90. The van der Waals surface area contributed by atoms with Crippen LogP contribution in [0.1, 0.15) is 52.9 Å². The average Bonchev–Trinajstić information content (AvgIpc) is 2.57. The molecule has 7 heteroatoms. The van der Waals surface area contributed by atoms with Gasteiger partial charge >= 0.3 is 5.97 Å². The molecule has 4 nitrogen and oxygen atoms in total. The molecule has 0 heterocycles. The van der Waals surface area contributed by atoms with E-state index in [0.717, 1.165) is 31.7 Å². The lowest BCUT2D eigenvalue weighted by Crippen LogP contribution is -2.17. The molecule has 0 aliphatic rings. The number of rotatable bonds is 10. The van der Waals surface area contributed by atoms with Crippen LogP contribution in [0.5, 0.6) is 0 Å². The Morgan fingerprint density at radius 2 is 1.96 bits per heavy atom. The van der Waals surface area contributed by atoms with Crippen molar-refractivity contribution in [2.24, 2.45) is 0 Å². The molecule has 140 valence electrons. The molecule has 0 bridgehead atoms. The quantitative estimate of drug-likeness (QED) is 0.329. The molecule has 1 aromatic carbocycles. The number of carbonyl (C=O) groups is 2. The SMILES string of the molecule is CCCCOC(=O)C(C)Sc1cc(NC(=O)CCCC)c(F)cc1Cl. The van der Waals surface area contributed by atoms with Crippen LogP contribution in [-0.2, 0) is 14.3 Å². The summed E-state index contributed by atoms with van der Waals surface area (Å²) in [4.78, 5) is 24.3. The fourth-order valence-electron chi connectivity index (χ4n) is 1.94. The minimum Gasteiger partial charge on any atom is -0.465 e. The number of nitrogens with one attached hydrogen (secondary N) is 1. The van der Waals surface area contributed by atoms with Gasteiger partial charge in [0.1, 0.15) is 11.1 Å². The largest absolute Gasteiger partial charge is 0.465 e. The fraction of sp³-hybridized carbons (Fsp3) is 0.556. The van der Waals surface area contributed by atoms with Crippen LogP contribution in [0, 0.1) is 5.82 Å². The van der Waals surface area contributed by atoms with Gasteiger partial charge in [0, 0.05) is 11.3 Å². The fourth-order valence-corrected chi connectivity index (χ4v) is 3.12. The lowest BCUT2D eigenvalue weighted by atomic mass is 10.2. The van der Waals surface area contributed by atoms with E-state index in [9.17, 15) is 14.0 Å². The third-order valence-corrected chi connectivity index (χ3v) is 4.99. The molecular weight excluding hydrogens is 365 g/mol.